The molecule has 9 nitrogen and oxygen atoms in total. The summed E-state index contributed by atoms with van der Waals surface area (Å²) in [5, 5.41) is 5.63. The van der Waals surface area contributed by atoms with Crippen molar-refractivity contribution in [2.45, 2.75) is 59.1 Å². The maximum Gasteiger partial charge on any atom is 0.323 e. The van der Waals surface area contributed by atoms with Crippen molar-refractivity contribution in [3.05, 3.63) is 89.5 Å². The maximum atomic E-state index is 13.0. The van der Waals surface area contributed by atoms with Crippen molar-refractivity contribution in [2.24, 2.45) is 0 Å². The molecule has 0 aliphatic carbocycles. The third kappa shape index (κ3) is 9.19. The second kappa shape index (κ2) is 13.8. The maximum absolute atomic E-state index is 13.0. The minimum absolute atomic E-state index is 0.0138. The lowest BCUT2D eigenvalue weighted by molar-refractivity contribution is -0.156. The summed E-state index contributed by atoms with van der Waals surface area (Å²) in [5.41, 5.74) is 3.92. The van der Waals surface area contributed by atoms with E-state index in [1.807, 2.05) is 43.3 Å². The van der Waals surface area contributed by atoms with E-state index in [-0.39, 0.29) is 30.7 Å². The monoisotopic (exact) mass is 572 g/mol. The summed E-state index contributed by atoms with van der Waals surface area (Å²) in [6, 6.07) is 21.0. The highest BCUT2D eigenvalue weighted by Gasteiger charge is 2.26. The van der Waals surface area contributed by atoms with Gasteiger partial charge >= 0.3 is 12.0 Å². The van der Waals surface area contributed by atoms with Gasteiger partial charge < -0.3 is 25.2 Å². The van der Waals surface area contributed by atoms with E-state index < -0.39 is 17.6 Å². The number of rotatable bonds is 9. The third-order valence-electron chi connectivity index (χ3n) is 6.74. The molecule has 3 aromatic carbocycles. The highest BCUT2D eigenvalue weighted by atomic mass is 16.6. The van der Waals surface area contributed by atoms with E-state index in [2.05, 4.69) is 10.6 Å². The van der Waals surface area contributed by atoms with Crippen LogP contribution in [0.25, 0.3) is 0 Å². The van der Waals surface area contributed by atoms with Crippen molar-refractivity contribution in [1.29, 1.82) is 0 Å². The number of ether oxygens (including phenoxy) is 1. The first-order valence-corrected chi connectivity index (χ1v) is 13.8. The zero-order valence-electron chi connectivity index (χ0n) is 25.4. The fourth-order valence-electron chi connectivity index (χ4n) is 4.30. The number of urea groups is 1. The van der Waals surface area contributed by atoms with Crippen molar-refractivity contribution in [1.82, 2.24) is 4.90 Å². The molecule has 4 amide bonds. The number of amides is 4. The molecule has 0 saturated carbocycles. The highest BCUT2D eigenvalue weighted by Crippen LogP contribution is 2.27. The molecule has 0 spiro atoms. The molecule has 3 rings (SSSR count). The van der Waals surface area contributed by atoms with Crippen LogP contribution in [0.15, 0.2) is 72.8 Å². The van der Waals surface area contributed by atoms with Crippen LogP contribution < -0.4 is 15.5 Å². The number of carbonyl (C=O) groups is 4. The van der Waals surface area contributed by atoms with Crippen molar-refractivity contribution in [3.63, 3.8) is 0 Å². The van der Waals surface area contributed by atoms with Crippen LogP contribution in [0, 0.1) is 6.92 Å². The number of para-hydroxylation sites is 1. The van der Waals surface area contributed by atoms with E-state index in [4.69, 9.17) is 4.74 Å². The minimum Gasteiger partial charge on any atom is -0.460 e. The Labute approximate surface area is 247 Å². The summed E-state index contributed by atoms with van der Waals surface area (Å²) in [7, 11) is 3.35. The largest absolute Gasteiger partial charge is 0.460 e. The fraction of sp³-hybridized carbons (Fsp3) is 0.333. The quantitative estimate of drug-likeness (QED) is 0.302. The van der Waals surface area contributed by atoms with Crippen LogP contribution >= 0.6 is 0 Å². The van der Waals surface area contributed by atoms with Crippen molar-refractivity contribution in [2.75, 3.05) is 29.6 Å². The molecule has 0 aliphatic heterocycles. The fourth-order valence-corrected chi connectivity index (χ4v) is 4.30. The van der Waals surface area contributed by atoms with Crippen LogP contribution in [-0.2, 0) is 25.5 Å². The van der Waals surface area contributed by atoms with Gasteiger partial charge in [0.15, 0.2) is 0 Å². The molecule has 9 heteroatoms. The van der Waals surface area contributed by atoms with E-state index in [0.29, 0.717) is 11.4 Å². The van der Waals surface area contributed by atoms with E-state index in [0.717, 1.165) is 22.4 Å². The Bertz CT molecular complexity index is 1410. The van der Waals surface area contributed by atoms with Gasteiger partial charge in [-0.05, 0) is 74.7 Å². The Morgan fingerprint density at radius 3 is 2.05 bits per heavy atom. The van der Waals surface area contributed by atoms with Crippen LogP contribution in [0.4, 0.5) is 21.9 Å². The molecule has 0 radical (unpaired) electrons. The van der Waals surface area contributed by atoms with Gasteiger partial charge in [-0.1, -0.05) is 42.5 Å². The Kier molecular flexibility index (Phi) is 10.5. The van der Waals surface area contributed by atoms with Gasteiger partial charge in [0.1, 0.15) is 5.60 Å². The molecule has 0 aromatic heterocycles. The number of aryl methyl sites for hydroxylation is 1. The molecule has 0 unspecified atom stereocenters. The molecular weight excluding hydrogens is 532 g/mol. The summed E-state index contributed by atoms with van der Waals surface area (Å²) in [6.07, 6.45) is 0.183. The first-order valence-electron chi connectivity index (χ1n) is 13.8. The molecule has 0 fully saturated rings. The van der Waals surface area contributed by atoms with Gasteiger partial charge in [-0.3, -0.25) is 14.4 Å². The number of anilines is 3. The zero-order valence-corrected chi connectivity index (χ0v) is 25.4. The Morgan fingerprint density at radius 1 is 0.857 bits per heavy atom. The second-order valence-corrected chi connectivity index (χ2v) is 11.2. The van der Waals surface area contributed by atoms with Gasteiger partial charge in [0.25, 0.3) is 0 Å². The number of hydrogen-bond donors (Lipinski definition) is 2. The average molecular weight is 573 g/mol. The van der Waals surface area contributed by atoms with Crippen molar-refractivity contribution >= 4 is 40.9 Å². The molecule has 0 bridgehead atoms. The summed E-state index contributed by atoms with van der Waals surface area (Å²) in [6.45, 7) is 8.77. The summed E-state index contributed by atoms with van der Waals surface area (Å²) < 4.78 is 5.47. The number of nitrogens with one attached hydrogen (secondary N) is 2. The predicted molar refractivity (Wildman–Crippen MR) is 165 cm³/mol. The number of esters is 1. The molecule has 222 valence electrons. The Morgan fingerprint density at radius 2 is 1.48 bits per heavy atom. The topological polar surface area (TPSA) is 108 Å². The van der Waals surface area contributed by atoms with E-state index in [9.17, 15) is 19.2 Å². The standard InChI is InChI=1S/C33H40N4O5/c1-22-10-8-9-11-28(22)35-32(41)34-26-16-12-24(13-17-26)20-30(39)37(7)27-18-14-25(15-19-27)29(36(6)23(2)38)21-31(40)42-33(3,4)5/h8-19,29H,20-21H2,1-7H3,(H2,34,35,41)/t29-/m1/s1. The lowest BCUT2D eigenvalue weighted by Crippen LogP contribution is -2.33. The van der Waals surface area contributed by atoms with Crippen LogP contribution in [0.2, 0.25) is 0 Å². The molecule has 0 heterocycles. The lowest BCUT2D eigenvalue weighted by Gasteiger charge is -2.29. The molecular formula is C33H40N4O5. The van der Waals surface area contributed by atoms with Gasteiger partial charge in [-0.15, -0.1) is 0 Å². The normalized spacial score (nSPS) is 11.7. The molecule has 42 heavy (non-hydrogen) atoms. The van der Waals surface area contributed by atoms with E-state index in [1.54, 1.807) is 76.2 Å². The summed E-state index contributed by atoms with van der Waals surface area (Å²) in [5.74, 6) is -0.690. The Balaban J connectivity index is 1.62. The minimum atomic E-state index is -0.629. The molecule has 0 aliphatic rings. The zero-order chi connectivity index (χ0) is 31.0. The second-order valence-electron chi connectivity index (χ2n) is 11.2. The van der Waals surface area contributed by atoms with E-state index >= 15 is 0 Å². The Hall–Kier alpha value is -4.66. The molecule has 0 saturated heterocycles. The first-order chi connectivity index (χ1) is 19.7. The lowest BCUT2D eigenvalue weighted by atomic mass is 10.0. The molecule has 3 aromatic rings. The number of nitrogens with zero attached hydrogens (tertiary/aromatic N) is 2. The molecule has 1 atom stereocenters. The van der Waals surface area contributed by atoms with Crippen molar-refractivity contribution in [3.8, 4) is 0 Å². The summed E-state index contributed by atoms with van der Waals surface area (Å²) >= 11 is 0. The van der Waals surface area contributed by atoms with Crippen LogP contribution in [0.1, 0.15) is 56.8 Å². The van der Waals surface area contributed by atoms with Gasteiger partial charge in [0.2, 0.25) is 11.8 Å². The summed E-state index contributed by atoms with van der Waals surface area (Å²) in [4.78, 5) is 53.1. The van der Waals surface area contributed by atoms with Gasteiger partial charge in [0, 0.05) is 38.1 Å². The smallest absolute Gasteiger partial charge is 0.323 e. The number of likely N-dealkylation sites (N-methyl/N-ethyl adjacent to an activating group) is 1. The SMILES string of the molecule is CC(=O)N(C)[C@H](CC(=O)OC(C)(C)C)c1ccc(N(C)C(=O)Cc2ccc(NC(=O)Nc3ccccc3C)cc2)cc1. The van der Waals surface area contributed by atoms with Crippen LogP contribution in [0.5, 0.6) is 0 Å². The predicted octanol–water partition coefficient (Wildman–Crippen LogP) is 6.10. The van der Waals surface area contributed by atoms with Gasteiger partial charge in [-0.25, -0.2) is 4.79 Å². The first kappa shape index (κ1) is 31.9. The van der Waals surface area contributed by atoms with Crippen LogP contribution in [-0.4, -0.2) is 48.4 Å². The van der Waals surface area contributed by atoms with Gasteiger partial charge in [-0.2, -0.15) is 0 Å². The number of benzene rings is 3. The van der Waals surface area contributed by atoms with Crippen molar-refractivity contribution < 1.29 is 23.9 Å². The highest BCUT2D eigenvalue weighted by molar-refractivity contribution is 6.00. The van der Waals surface area contributed by atoms with E-state index in [1.165, 1.54) is 11.8 Å². The number of hydrogen-bond acceptors (Lipinski definition) is 5. The number of carbonyl (C=O) groups excluding carboxylic acids is 4. The van der Waals surface area contributed by atoms with Crippen LogP contribution in [0.3, 0.4) is 0 Å². The molecule has 2 N–H and O–H groups in total. The third-order valence-corrected chi connectivity index (χ3v) is 6.74. The van der Waals surface area contributed by atoms with Gasteiger partial charge in [0.05, 0.1) is 18.9 Å². The average Bonchev–Trinajstić information content (AvgIpc) is 2.92.